The Morgan fingerprint density at radius 3 is 2.78 bits per heavy atom. The molecule has 1 aliphatic carbocycles. The van der Waals surface area contributed by atoms with Gasteiger partial charge in [-0.25, -0.2) is 18.4 Å². The molecule has 0 amide bonds. The molecule has 10 heteroatoms. The molecule has 2 aliphatic heterocycles. The maximum Gasteiger partial charge on any atom is 0.152 e. The van der Waals surface area contributed by atoms with Gasteiger partial charge in [-0.3, -0.25) is 0 Å². The summed E-state index contributed by atoms with van der Waals surface area (Å²) in [4.78, 5) is 11.2. The predicted molar refractivity (Wildman–Crippen MR) is 139 cm³/mol. The molecule has 2 N–H and O–H groups in total. The van der Waals surface area contributed by atoms with Gasteiger partial charge in [0, 0.05) is 44.0 Å². The third-order valence-corrected chi connectivity index (χ3v) is 9.41. The molecule has 2 aromatic heterocycles. The Bertz CT molecular complexity index is 1330. The molecular formula is C26H33N5O4S. The van der Waals surface area contributed by atoms with Crippen molar-refractivity contribution >= 4 is 26.7 Å². The number of hydrogen-bond acceptors (Lipinski definition) is 8. The van der Waals surface area contributed by atoms with Gasteiger partial charge >= 0.3 is 0 Å². The number of hydrogen-bond donors (Lipinski definition) is 1. The first kappa shape index (κ1) is 23.7. The van der Waals surface area contributed by atoms with E-state index < -0.39 is 9.84 Å². The maximum atomic E-state index is 11.7. The Balaban J connectivity index is 1.19. The molecular weight excluding hydrogens is 478 g/mol. The Morgan fingerprint density at radius 1 is 1.17 bits per heavy atom. The van der Waals surface area contributed by atoms with E-state index in [0.717, 1.165) is 66.7 Å². The van der Waals surface area contributed by atoms with Gasteiger partial charge in [0.1, 0.15) is 30.1 Å². The van der Waals surface area contributed by atoms with E-state index in [9.17, 15) is 8.42 Å². The molecule has 0 spiro atoms. The van der Waals surface area contributed by atoms with Crippen molar-refractivity contribution < 1.29 is 17.9 Å². The summed E-state index contributed by atoms with van der Waals surface area (Å²) < 4.78 is 37.4. The Morgan fingerprint density at radius 2 is 2.00 bits per heavy atom. The zero-order valence-electron chi connectivity index (χ0n) is 20.4. The summed E-state index contributed by atoms with van der Waals surface area (Å²) in [6.07, 6.45) is 8.07. The highest BCUT2D eigenvalue weighted by atomic mass is 32.2. The van der Waals surface area contributed by atoms with Crippen molar-refractivity contribution in [2.24, 2.45) is 5.92 Å². The van der Waals surface area contributed by atoms with E-state index in [-0.39, 0.29) is 17.6 Å². The number of benzene rings is 1. The van der Waals surface area contributed by atoms with Crippen LogP contribution in [0, 0.1) is 5.92 Å². The lowest BCUT2D eigenvalue weighted by atomic mass is 9.79. The summed E-state index contributed by atoms with van der Waals surface area (Å²) in [7, 11) is -2.84. The van der Waals surface area contributed by atoms with Gasteiger partial charge in [0.25, 0.3) is 0 Å². The van der Waals surface area contributed by atoms with Crippen molar-refractivity contribution in [1.82, 2.24) is 19.4 Å². The van der Waals surface area contributed by atoms with Crippen LogP contribution in [-0.2, 0) is 14.6 Å². The van der Waals surface area contributed by atoms with E-state index in [0.29, 0.717) is 37.5 Å². The Kier molecular flexibility index (Phi) is 6.35. The second-order valence-electron chi connectivity index (χ2n) is 10.3. The molecule has 3 fully saturated rings. The Labute approximate surface area is 211 Å². The number of fused-ring (bicyclic) bond motifs is 1. The molecule has 192 valence electrons. The quantitative estimate of drug-likeness (QED) is 0.515. The Hall–Kier alpha value is -2.69. The highest BCUT2D eigenvalue weighted by Gasteiger charge is 2.34. The van der Waals surface area contributed by atoms with Crippen LogP contribution in [0.15, 0.2) is 36.8 Å². The van der Waals surface area contributed by atoms with Gasteiger partial charge in [-0.1, -0.05) is 12.1 Å². The molecule has 3 aliphatic rings. The van der Waals surface area contributed by atoms with Gasteiger partial charge in [0.2, 0.25) is 0 Å². The summed E-state index contributed by atoms with van der Waals surface area (Å²) >= 11 is 0. The SMILES string of the molecule is Nc1ncnc2c1c(-c1cccc(OC[C@@H]3CCCO3)c1)cn2C1CC(CN2CCS(=O)(=O)CC2)C1. The van der Waals surface area contributed by atoms with E-state index in [4.69, 9.17) is 15.2 Å². The van der Waals surface area contributed by atoms with Gasteiger partial charge in [0.05, 0.1) is 23.0 Å². The van der Waals surface area contributed by atoms with Crippen LogP contribution in [0.1, 0.15) is 31.7 Å². The second-order valence-corrected chi connectivity index (χ2v) is 12.6. The molecule has 1 aromatic carbocycles. The van der Waals surface area contributed by atoms with Crippen LogP contribution in [0.5, 0.6) is 5.75 Å². The third-order valence-electron chi connectivity index (χ3n) is 7.80. The average molecular weight is 512 g/mol. The summed E-state index contributed by atoms with van der Waals surface area (Å²) in [5, 5.41) is 0.874. The minimum Gasteiger partial charge on any atom is -0.491 e. The van der Waals surface area contributed by atoms with Crippen molar-refractivity contribution in [2.45, 2.75) is 37.8 Å². The standard InChI is InChI=1S/C26H33N5O4S/c27-25-24-23(19-3-1-4-21(13-19)35-16-22-5-2-8-34-22)15-31(26(24)29-17-28-25)20-11-18(12-20)14-30-6-9-36(32,33)10-7-30/h1,3-4,13,15,17-18,20,22H,2,5-12,14,16H2,(H2,27,28,29)/t18?,20?,22-/m0/s1. The number of anilines is 1. The first-order chi connectivity index (χ1) is 17.4. The monoisotopic (exact) mass is 511 g/mol. The van der Waals surface area contributed by atoms with E-state index in [1.54, 1.807) is 0 Å². The van der Waals surface area contributed by atoms with Gasteiger partial charge in [-0.05, 0) is 49.3 Å². The van der Waals surface area contributed by atoms with Crippen molar-refractivity contribution in [3.8, 4) is 16.9 Å². The van der Waals surface area contributed by atoms with Crippen LogP contribution in [-0.4, -0.2) is 78.3 Å². The topological polar surface area (TPSA) is 113 Å². The third kappa shape index (κ3) is 4.81. The minimum absolute atomic E-state index is 0.167. The fourth-order valence-electron chi connectivity index (χ4n) is 5.70. The summed E-state index contributed by atoms with van der Waals surface area (Å²) in [6, 6.07) is 8.43. The fourth-order valence-corrected chi connectivity index (χ4v) is 6.98. The lowest BCUT2D eigenvalue weighted by molar-refractivity contribution is 0.0680. The zero-order valence-corrected chi connectivity index (χ0v) is 21.2. The van der Waals surface area contributed by atoms with Crippen molar-refractivity contribution in [3.05, 3.63) is 36.8 Å². The van der Waals surface area contributed by atoms with E-state index >= 15 is 0 Å². The molecule has 1 atom stereocenters. The predicted octanol–water partition coefficient (Wildman–Crippen LogP) is 2.92. The number of nitrogens with zero attached hydrogens (tertiary/aromatic N) is 4. The average Bonchev–Trinajstić information content (AvgIpc) is 3.50. The molecule has 36 heavy (non-hydrogen) atoms. The van der Waals surface area contributed by atoms with Gasteiger partial charge in [-0.15, -0.1) is 0 Å². The fraction of sp³-hybridized carbons (Fsp3) is 0.538. The smallest absolute Gasteiger partial charge is 0.152 e. The number of nitrogens with two attached hydrogens (primary N) is 1. The number of aromatic nitrogens is 3. The number of ether oxygens (including phenoxy) is 2. The molecule has 1 saturated carbocycles. The van der Waals surface area contributed by atoms with Gasteiger partial charge in [0.15, 0.2) is 9.84 Å². The maximum absolute atomic E-state index is 11.7. The molecule has 6 rings (SSSR count). The lowest BCUT2D eigenvalue weighted by Crippen LogP contribution is -2.44. The number of sulfone groups is 1. The normalized spacial score (nSPS) is 26.2. The number of rotatable bonds is 7. The molecule has 0 bridgehead atoms. The van der Waals surface area contributed by atoms with Gasteiger partial charge < -0.3 is 24.7 Å². The van der Waals surface area contributed by atoms with Crippen LogP contribution in [0.3, 0.4) is 0 Å². The molecule has 9 nitrogen and oxygen atoms in total. The number of nitrogen functional groups attached to an aromatic ring is 1. The lowest BCUT2D eigenvalue weighted by Gasteiger charge is -2.40. The second kappa shape index (κ2) is 9.64. The van der Waals surface area contributed by atoms with Crippen LogP contribution in [0.2, 0.25) is 0 Å². The van der Waals surface area contributed by atoms with Crippen molar-refractivity contribution in [3.63, 3.8) is 0 Å². The largest absolute Gasteiger partial charge is 0.491 e. The van der Waals surface area contributed by atoms with Crippen LogP contribution >= 0.6 is 0 Å². The molecule has 3 aromatic rings. The first-order valence-corrected chi connectivity index (χ1v) is 14.7. The highest BCUT2D eigenvalue weighted by Crippen LogP contribution is 2.43. The van der Waals surface area contributed by atoms with Crippen molar-refractivity contribution in [2.75, 3.05) is 50.1 Å². The zero-order chi connectivity index (χ0) is 24.7. The summed E-state index contributed by atoms with van der Waals surface area (Å²) in [5.74, 6) is 2.41. The van der Waals surface area contributed by atoms with E-state index in [2.05, 4.69) is 37.8 Å². The van der Waals surface area contributed by atoms with Crippen molar-refractivity contribution in [1.29, 1.82) is 0 Å². The van der Waals surface area contributed by atoms with E-state index in [1.807, 2.05) is 12.1 Å². The molecule has 0 radical (unpaired) electrons. The van der Waals surface area contributed by atoms with Crippen LogP contribution < -0.4 is 10.5 Å². The minimum atomic E-state index is -2.84. The molecule has 0 unspecified atom stereocenters. The summed E-state index contributed by atoms with van der Waals surface area (Å²) in [6.45, 7) is 3.63. The molecule has 2 saturated heterocycles. The van der Waals surface area contributed by atoms with Gasteiger partial charge in [-0.2, -0.15) is 0 Å². The first-order valence-electron chi connectivity index (χ1n) is 12.8. The summed E-state index contributed by atoms with van der Waals surface area (Å²) in [5.41, 5.74) is 9.24. The van der Waals surface area contributed by atoms with Crippen LogP contribution in [0.25, 0.3) is 22.2 Å². The highest BCUT2D eigenvalue weighted by molar-refractivity contribution is 7.91. The van der Waals surface area contributed by atoms with E-state index in [1.165, 1.54) is 6.33 Å². The molecule has 4 heterocycles. The van der Waals surface area contributed by atoms with Crippen LogP contribution in [0.4, 0.5) is 5.82 Å².